The molecule has 0 unspecified atom stereocenters. The molecule has 0 aliphatic rings. The van der Waals surface area contributed by atoms with Crippen LogP contribution in [-0.4, -0.2) is 12.6 Å². The quantitative estimate of drug-likeness (QED) is 0.510. The maximum atomic E-state index is 11.2. The van der Waals surface area contributed by atoms with E-state index in [0.29, 0.717) is 12.8 Å². The van der Waals surface area contributed by atoms with E-state index in [0.717, 1.165) is 0 Å². The van der Waals surface area contributed by atoms with Gasteiger partial charge in [0.15, 0.2) is 0 Å². The summed E-state index contributed by atoms with van der Waals surface area (Å²) in [4.78, 5) is 9.64. The first-order valence-electron chi connectivity index (χ1n) is 2.53. The molecule has 0 aromatic rings. The van der Waals surface area contributed by atoms with E-state index in [9.17, 15) is 14.3 Å². The average molecular weight is 119 g/mol. The molecule has 0 aromatic heterocycles. The molecule has 0 N–H and O–H groups in total. The molecule has 0 saturated carbocycles. The molecule has 0 aromatic carbocycles. The maximum absolute atomic E-state index is 11.2. The Kier molecular flexibility index (Phi) is 4.21. The predicted molar refractivity (Wildman–Crippen MR) is 25.5 cm³/mol. The molecule has 0 fully saturated rings. The van der Waals surface area contributed by atoms with Crippen molar-refractivity contribution in [3.8, 4) is 0 Å². The van der Waals surface area contributed by atoms with Crippen LogP contribution < -0.4 is 0 Å². The van der Waals surface area contributed by atoms with E-state index >= 15 is 0 Å². The summed E-state index contributed by atoms with van der Waals surface area (Å²) in [5, 5.41) is 9.64. The second kappa shape index (κ2) is 4.56. The molecule has 0 heterocycles. The van der Waals surface area contributed by atoms with E-state index < -0.39 is 12.6 Å². The van der Waals surface area contributed by atoms with Gasteiger partial charge in [0, 0.05) is 0 Å². The highest BCUT2D eigenvalue weighted by Crippen LogP contribution is 1.94. The highest BCUT2D eigenvalue weighted by molar-refractivity contribution is 5.66. The Hall–Kier alpha value is -0.600. The van der Waals surface area contributed by atoms with E-state index in [1.807, 2.05) is 0 Å². The molecule has 0 amide bonds. The van der Waals surface area contributed by atoms with Gasteiger partial charge in [0.05, 0.1) is 13.1 Å². The van der Waals surface area contributed by atoms with Crippen molar-refractivity contribution in [2.24, 2.45) is 0 Å². The van der Waals surface area contributed by atoms with Crippen LogP contribution in [0.3, 0.4) is 0 Å². The normalized spacial score (nSPS) is 9.12. The molecular weight excluding hydrogens is 111 g/mol. The van der Waals surface area contributed by atoms with Crippen molar-refractivity contribution in [3.05, 3.63) is 0 Å². The van der Waals surface area contributed by atoms with Gasteiger partial charge in [-0.05, 0) is 12.8 Å². The highest BCUT2D eigenvalue weighted by Gasteiger charge is 1.96. The molecular formula is C5H8FO2. The summed E-state index contributed by atoms with van der Waals surface area (Å²) in [5.74, 6) is -1.10. The summed E-state index contributed by atoms with van der Waals surface area (Å²) in [6.45, 7) is -0.437. The van der Waals surface area contributed by atoms with Crippen LogP contribution >= 0.6 is 0 Å². The van der Waals surface area contributed by atoms with Crippen LogP contribution in [0.5, 0.6) is 0 Å². The van der Waals surface area contributed by atoms with Crippen molar-refractivity contribution >= 4 is 5.97 Å². The number of halogens is 1. The summed E-state index contributed by atoms with van der Waals surface area (Å²) < 4.78 is 11.2. The van der Waals surface area contributed by atoms with Crippen LogP contribution in [0, 0.1) is 0 Å². The van der Waals surface area contributed by atoms with Crippen molar-refractivity contribution in [3.63, 3.8) is 0 Å². The maximum Gasteiger partial charge on any atom is 0.355 e. The van der Waals surface area contributed by atoms with E-state index in [1.54, 1.807) is 0 Å². The molecule has 3 heteroatoms. The average Bonchev–Trinajstić information content (AvgIpc) is 1.66. The van der Waals surface area contributed by atoms with Gasteiger partial charge in [0.25, 0.3) is 0 Å². The summed E-state index contributed by atoms with van der Waals surface area (Å²) in [5.41, 5.74) is 0. The van der Waals surface area contributed by atoms with E-state index in [-0.39, 0.29) is 6.42 Å². The van der Waals surface area contributed by atoms with Gasteiger partial charge >= 0.3 is 5.97 Å². The third kappa shape index (κ3) is 5.40. The third-order valence-electron chi connectivity index (χ3n) is 0.765. The Balaban J connectivity index is 2.82. The molecule has 0 aliphatic heterocycles. The fourth-order valence-electron chi connectivity index (χ4n) is 0.364. The Morgan fingerprint density at radius 2 is 2.00 bits per heavy atom. The van der Waals surface area contributed by atoms with E-state index in [1.165, 1.54) is 0 Å². The number of carbonyl (C=O) groups excluding carboxylic acids is 1. The molecule has 0 bridgehead atoms. The molecule has 47 valence electrons. The molecule has 0 aliphatic carbocycles. The van der Waals surface area contributed by atoms with Gasteiger partial charge in [-0.3, -0.25) is 4.39 Å². The van der Waals surface area contributed by atoms with Crippen LogP contribution in [0.2, 0.25) is 0 Å². The minimum Gasteiger partial charge on any atom is -0.251 e. The van der Waals surface area contributed by atoms with Crippen molar-refractivity contribution in [2.45, 2.75) is 19.3 Å². The molecule has 0 saturated heterocycles. The first-order chi connectivity index (χ1) is 3.77. The Morgan fingerprint density at radius 1 is 1.38 bits per heavy atom. The summed E-state index contributed by atoms with van der Waals surface area (Å²) in [7, 11) is 0. The van der Waals surface area contributed by atoms with Crippen LogP contribution in [-0.2, 0) is 9.90 Å². The fourth-order valence-corrected chi connectivity index (χ4v) is 0.364. The number of hydrogen-bond acceptors (Lipinski definition) is 1. The zero-order valence-electron chi connectivity index (χ0n) is 4.52. The lowest BCUT2D eigenvalue weighted by Gasteiger charge is -1.86. The van der Waals surface area contributed by atoms with Crippen molar-refractivity contribution < 1.29 is 14.3 Å². The Labute approximate surface area is 47.3 Å². The van der Waals surface area contributed by atoms with E-state index in [4.69, 9.17) is 0 Å². The highest BCUT2D eigenvalue weighted by atomic mass is 19.1. The van der Waals surface area contributed by atoms with Gasteiger partial charge in [-0.15, -0.1) is 0 Å². The SMILES string of the molecule is [O]C(=O)CCCCF. The fraction of sp³-hybridized carbons (Fsp3) is 0.800. The number of unbranched alkanes of at least 4 members (excludes halogenated alkanes) is 1. The van der Waals surface area contributed by atoms with Gasteiger partial charge in [0.2, 0.25) is 0 Å². The summed E-state index contributed by atoms with van der Waals surface area (Å²) in [6.07, 6.45) is 0.691. The second-order valence-electron chi connectivity index (χ2n) is 1.52. The van der Waals surface area contributed by atoms with Crippen LogP contribution in [0.15, 0.2) is 0 Å². The monoisotopic (exact) mass is 119 g/mol. The largest absolute Gasteiger partial charge is 0.355 e. The summed E-state index contributed by atoms with van der Waals surface area (Å²) in [6, 6.07) is 0. The lowest BCUT2D eigenvalue weighted by molar-refractivity contribution is -0.143. The summed E-state index contributed by atoms with van der Waals surface area (Å²) >= 11 is 0. The zero-order chi connectivity index (χ0) is 6.41. The lowest BCUT2D eigenvalue weighted by atomic mass is 10.2. The first kappa shape index (κ1) is 7.40. The van der Waals surface area contributed by atoms with Gasteiger partial charge in [-0.1, -0.05) is 0 Å². The second-order valence-corrected chi connectivity index (χ2v) is 1.52. The minimum absolute atomic E-state index is 0.0239. The van der Waals surface area contributed by atoms with Crippen molar-refractivity contribution in [2.75, 3.05) is 6.67 Å². The molecule has 1 radical (unpaired) electrons. The third-order valence-corrected chi connectivity index (χ3v) is 0.765. The Morgan fingerprint density at radius 3 is 2.38 bits per heavy atom. The molecule has 8 heavy (non-hydrogen) atoms. The number of alkyl halides is 1. The number of hydrogen-bond donors (Lipinski definition) is 0. The van der Waals surface area contributed by atoms with Crippen molar-refractivity contribution in [1.29, 1.82) is 0 Å². The predicted octanol–water partition coefficient (Wildman–Crippen LogP) is 1.08. The number of rotatable bonds is 4. The lowest BCUT2D eigenvalue weighted by Crippen LogP contribution is -1.91. The van der Waals surface area contributed by atoms with Gasteiger partial charge in [0.1, 0.15) is 0 Å². The molecule has 0 rings (SSSR count). The molecule has 2 nitrogen and oxygen atoms in total. The molecule has 0 atom stereocenters. The smallest absolute Gasteiger partial charge is 0.251 e. The number of carbonyl (C=O) groups is 1. The molecule has 0 spiro atoms. The first-order valence-corrected chi connectivity index (χ1v) is 2.53. The Bertz CT molecular complexity index is 72.8. The van der Waals surface area contributed by atoms with Crippen LogP contribution in [0.4, 0.5) is 4.39 Å². The van der Waals surface area contributed by atoms with Crippen LogP contribution in [0.1, 0.15) is 19.3 Å². The van der Waals surface area contributed by atoms with Gasteiger partial charge in [-0.25, -0.2) is 9.90 Å². The zero-order valence-corrected chi connectivity index (χ0v) is 4.52. The minimum atomic E-state index is -1.10. The van der Waals surface area contributed by atoms with Gasteiger partial charge in [-0.2, -0.15) is 0 Å². The van der Waals surface area contributed by atoms with Crippen LogP contribution in [0.25, 0.3) is 0 Å². The van der Waals surface area contributed by atoms with Gasteiger partial charge < -0.3 is 0 Å². The topological polar surface area (TPSA) is 37.0 Å². The standard InChI is InChI=1S/C5H8FO2/c6-4-2-1-3-5(7)8/h1-4H2. The van der Waals surface area contributed by atoms with Crippen molar-refractivity contribution in [1.82, 2.24) is 0 Å². The van der Waals surface area contributed by atoms with E-state index in [2.05, 4.69) is 0 Å².